The minimum atomic E-state index is 0.228. The van der Waals surface area contributed by atoms with Crippen molar-refractivity contribution in [2.24, 2.45) is 5.92 Å². The van der Waals surface area contributed by atoms with E-state index in [1.165, 1.54) is 12.8 Å². The summed E-state index contributed by atoms with van der Waals surface area (Å²) in [5.74, 6) is 0.275. The molecule has 0 amide bonds. The zero-order chi connectivity index (χ0) is 10.4. The molecule has 0 aliphatic heterocycles. The number of ether oxygens (including phenoxy) is 1. The summed E-state index contributed by atoms with van der Waals surface area (Å²) in [7, 11) is 2.03. The van der Waals surface area contributed by atoms with Crippen molar-refractivity contribution in [3.8, 4) is 0 Å². The van der Waals surface area contributed by atoms with Gasteiger partial charge in [-0.2, -0.15) is 0 Å². The van der Waals surface area contributed by atoms with Gasteiger partial charge < -0.3 is 15.2 Å². The summed E-state index contributed by atoms with van der Waals surface area (Å²) in [4.78, 5) is 0. The van der Waals surface area contributed by atoms with Crippen LogP contribution in [-0.4, -0.2) is 37.5 Å². The summed E-state index contributed by atoms with van der Waals surface area (Å²) in [6.07, 6.45) is 5.17. The van der Waals surface area contributed by atoms with Crippen molar-refractivity contribution < 1.29 is 9.84 Å². The van der Waals surface area contributed by atoms with Crippen LogP contribution in [0, 0.1) is 5.92 Å². The molecule has 1 rings (SSSR count). The van der Waals surface area contributed by atoms with Crippen LogP contribution in [0.15, 0.2) is 0 Å². The van der Waals surface area contributed by atoms with Crippen LogP contribution in [0.25, 0.3) is 0 Å². The normalized spacial score (nSPS) is 30.2. The lowest BCUT2D eigenvalue weighted by Gasteiger charge is -2.28. The van der Waals surface area contributed by atoms with E-state index >= 15 is 0 Å². The summed E-state index contributed by atoms with van der Waals surface area (Å²) in [5, 5.41) is 12.2. The number of aliphatic hydroxyl groups excluding tert-OH is 1. The lowest BCUT2D eigenvalue weighted by molar-refractivity contribution is -0.00307. The second-order valence-corrected chi connectivity index (χ2v) is 4.38. The second kappa shape index (κ2) is 6.38. The van der Waals surface area contributed by atoms with E-state index in [1.54, 1.807) is 0 Å². The Morgan fingerprint density at radius 1 is 1.36 bits per heavy atom. The van der Waals surface area contributed by atoms with Gasteiger partial charge in [-0.15, -0.1) is 0 Å². The molecule has 3 heteroatoms. The Bertz CT molecular complexity index is 144. The second-order valence-electron chi connectivity index (χ2n) is 4.38. The third-order valence-corrected chi connectivity index (χ3v) is 3.01. The summed E-state index contributed by atoms with van der Waals surface area (Å²) in [6, 6.07) is 0.685. The zero-order valence-corrected chi connectivity index (χ0v) is 9.33. The Morgan fingerprint density at radius 2 is 2.00 bits per heavy atom. The number of aliphatic hydroxyl groups is 1. The molecule has 1 unspecified atom stereocenters. The smallest absolute Gasteiger partial charge is 0.0576 e. The quantitative estimate of drug-likeness (QED) is 0.701. The van der Waals surface area contributed by atoms with Gasteiger partial charge in [-0.1, -0.05) is 6.92 Å². The maximum Gasteiger partial charge on any atom is 0.0576 e. The molecular formula is C11H23NO2. The Morgan fingerprint density at radius 3 is 2.50 bits per heavy atom. The maximum atomic E-state index is 8.85. The first-order chi connectivity index (χ1) is 6.76. The highest BCUT2D eigenvalue weighted by Crippen LogP contribution is 2.21. The molecule has 0 aromatic rings. The molecule has 14 heavy (non-hydrogen) atoms. The van der Waals surface area contributed by atoms with Gasteiger partial charge in [-0.3, -0.25) is 0 Å². The minimum Gasteiger partial charge on any atom is -0.396 e. The largest absolute Gasteiger partial charge is 0.396 e. The topological polar surface area (TPSA) is 41.5 Å². The molecular weight excluding hydrogens is 178 g/mol. The van der Waals surface area contributed by atoms with Gasteiger partial charge in [0.2, 0.25) is 0 Å². The van der Waals surface area contributed by atoms with E-state index in [9.17, 15) is 0 Å². The molecule has 0 spiro atoms. The number of nitrogens with one attached hydrogen (secondary N) is 1. The van der Waals surface area contributed by atoms with Crippen LogP contribution >= 0.6 is 0 Å². The van der Waals surface area contributed by atoms with E-state index in [-0.39, 0.29) is 12.5 Å². The standard InChI is InChI=1S/C11H23NO2/c1-9(7-13)8-14-11-5-3-10(12-2)4-6-11/h9-13H,3-8H2,1-2H3. The molecule has 1 saturated carbocycles. The molecule has 1 fully saturated rings. The van der Waals surface area contributed by atoms with Crippen molar-refractivity contribution >= 4 is 0 Å². The number of hydrogen-bond acceptors (Lipinski definition) is 3. The van der Waals surface area contributed by atoms with Crippen molar-refractivity contribution in [3.05, 3.63) is 0 Å². The molecule has 1 aliphatic rings. The maximum absolute atomic E-state index is 8.85. The Kier molecular flexibility index (Phi) is 5.45. The molecule has 0 saturated heterocycles. The molecule has 0 heterocycles. The summed E-state index contributed by atoms with van der Waals surface area (Å²) >= 11 is 0. The molecule has 2 N–H and O–H groups in total. The van der Waals surface area contributed by atoms with E-state index in [0.717, 1.165) is 12.8 Å². The molecule has 1 atom stereocenters. The predicted octanol–water partition coefficient (Wildman–Crippen LogP) is 1.16. The molecule has 0 radical (unpaired) electrons. The van der Waals surface area contributed by atoms with Crippen LogP contribution in [-0.2, 0) is 4.74 Å². The predicted molar refractivity (Wildman–Crippen MR) is 57.3 cm³/mol. The molecule has 0 bridgehead atoms. The fourth-order valence-corrected chi connectivity index (χ4v) is 1.87. The van der Waals surface area contributed by atoms with Gasteiger partial charge >= 0.3 is 0 Å². The first kappa shape index (κ1) is 12.0. The van der Waals surface area contributed by atoms with Crippen LogP contribution in [0.5, 0.6) is 0 Å². The van der Waals surface area contributed by atoms with E-state index in [2.05, 4.69) is 5.32 Å². The van der Waals surface area contributed by atoms with Gasteiger partial charge in [0, 0.05) is 18.6 Å². The van der Waals surface area contributed by atoms with Gasteiger partial charge in [-0.25, -0.2) is 0 Å². The van der Waals surface area contributed by atoms with Gasteiger partial charge in [0.05, 0.1) is 12.7 Å². The van der Waals surface area contributed by atoms with Crippen molar-refractivity contribution in [2.45, 2.75) is 44.8 Å². The van der Waals surface area contributed by atoms with E-state index < -0.39 is 0 Å². The van der Waals surface area contributed by atoms with Gasteiger partial charge in [-0.05, 0) is 32.7 Å². The van der Waals surface area contributed by atoms with Gasteiger partial charge in [0.25, 0.3) is 0 Å². The van der Waals surface area contributed by atoms with E-state index in [1.807, 2.05) is 14.0 Å². The van der Waals surface area contributed by atoms with Crippen molar-refractivity contribution in [1.29, 1.82) is 0 Å². The third-order valence-electron chi connectivity index (χ3n) is 3.01. The summed E-state index contributed by atoms with van der Waals surface area (Å²) < 4.78 is 5.74. The lowest BCUT2D eigenvalue weighted by atomic mass is 9.93. The first-order valence-electron chi connectivity index (χ1n) is 5.66. The number of hydrogen-bond donors (Lipinski definition) is 2. The fourth-order valence-electron chi connectivity index (χ4n) is 1.87. The molecule has 84 valence electrons. The van der Waals surface area contributed by atoms with Gasteiger partial charge in [0.15, 0.2) is 0 Å². The van der Waals surface area contributed by atoms with Gasteiger partial charge in [0.1, 0.15) is 0 Å². The van der Waals surface area contributed by atoms with Crippen LogP contribution in [0.2, 0.25) is 0 Å². The number of rotatable bonds is 5. The molecule has 1 aliphatic carbocycles. The summed E-state index contributed by atoms with van der Waals surface area (Å²) in [6.45, 7) is 2.94. The Labute approximate surface area is 86.8 Å². The molecule has 3 nitrogen and oxygen atoms in total. The van der Waals surface area contributed by atoms with Crippen molar-refractivity contribution in [3.63, 3.8) is 0 Å². The third kappa shape index (κ3) is 3.95. The van der Waals surface area contributed by atoms with Crippen LogP contribution in [0.4, 0.5) is 0 Å². The lowest BCUT2D eigenvalue weighted by Crippen LogP contribution is -2.33. The first-order valence-corrected chi connectivity index (χ1v) is 5.66. The Balaban J connectivity index is 2.10. The molecule has 0 aromatic heterocycles. The molecule has 0 aromatic carbocycles. The SMILES string of the molecule is CNC1CCC(OCC(C)CO)CC1. The minimum absolute atomic E-state index is 0.228. The average Bonchev–Trinajstić information content (AvgIpc) is 2.26. The van der Waals surface area contributed by atoms with E-state index in [0.29, 0.717) is 18.8 Å². The zero-order valence-electron chi connectivity index (χ0n) is 9.33. The van der Waals surface area contributed by atoms with Crippen molar-refractivity contribution in [1.82, 2.24) is 5.32 Å². The van der Waals surface area contributed by atoms with Crippen LogP contribution in [0.1, 0.15) is 32.6 Å². The average molecular weight is 201 g/mol. The Hall–Kier alpha value is -0.120. The highest BCUT2D eigenvalue weighted by Gasteiger charge is 2.20. The highest BCUT2D eigenvalue weighted by molar-refractivity contribution is 4.76. The fraction of sp³-hybridized carbons (Fsp3) is 1.00. The van der Waals surface area contributed by atoms with E-state index in [4.69, 9.17) is 9.84 Å². The highest BCUT2D eigenvalue weighted by atomic mass is 16.5. The summed E-state index contributed by atoms with van der Waals surface area (Å²) in [5.41, 5.74) is 0. The monoisotopic (exact) mass is 201 g/mol. The van der Waals surface area contributed by atoms with Crippen molar-refractivity contribution in [2.75, 3.05) is 20.3 Å². The van der Waals surface area contributed by atoms with Crippen LogP contribution < -0.4 is 5.32 Å². The van der Waals surface area contributed by atoms with Crippen LogP contribution in [0.3, 0.4) is 0 Å².